The standard InChI is InChI=1S/C22H19FN4O4/c1-29-16-4-2-3-13(10-16)20-25-21(31-26-20)19-12-27(7-8-30-19)22(28)18-11-14-9-15(23)5-6-17(14)24-18/h2-6,9-11,19,24H,7-8,12H2,1H3. The van der Waals surface area contributed by atoms with Crippen molar-refractivity contribution in [3.05, 3.63) is 65.9 Å². The van der Waals surface area contributed by atoms with Crippen molar-refractivity contribution < 1.29 is 23.2 Å². The lowest BCUT2D eigenvalue weighted by molar-refractivity contribution is -0.0368. The largest absolute Gasteiger partial charge is 0.497 e. The number of hydrogen-bond acceptors (Lipinski definition) is 6. The third kappa shape index (κ3) is 3.75. The molecule has 2 aromatic carbocycles. The van der Waals surface area contributed by atoms with E-state index in [1.807, 2.05) is 24.3 Å². The molecule has 1 N–H and O–H groups in total. The third-order valence-electron chi connectivity index (χ3n) is 5.21. The van der Waals surface area contributed by atoms with Gasteiger partial charge in [0.05, 0.1) is 20.3 Å². The minimum atomic E-state index is -0.536. The first-order valence-electron chi connectivity index (χ1n) is 9.78. The molecule has 1 aliphatic rings. The highest BCUT2D eigenvalue weighted by Crippen LogP contribution is 2.27. The molecule has 31 heavy (non-hydrogen) atoms. The van der Waals surface area contributed by atoms with Crippen LogP contribution in [0, 0.1) is 5.82 Å². The van der Waals surface area contributed by atoms with E-state index in [4.69, 9.17) is 14.0 Å². The van der Waals surface area contributed by atoms with Crippen molar-refractivity contribution in [1.82, 2.24) is 20.0 Å². The first-order chi connectivity index (χ1) is 15.1. The second kappa shape index (κ2) is 7.84. The summed E-state index contributed by atoms with van der Waals surface area (Å²) in [5, 5.41) is 4.68. The predicted octanol–water partition coefficient (Wildman–Crippen LogP) is 3.58. The molecule has 4 aromatic rings. The number of fused-ring (bicyclic) bond motifs is 1. The average Bonchev–Trinajstić information content (AvgIpc) is 3.46. The van der Waals surface area contributed by atoms with Crippen LogP contribution in [0.25, 0.3) is 22.3 Å². The van der Waals surface area contributed by atoms with E-state index in [1.165, 1.54) is 12.1 Å². The van der Waals surface area contributed by atoms with E-state index in [9.17, 15) is 9.18 Å². The molecule has 1 saturated heterocycles. The number of methoxy groups -OCH3 is 1. The second-order valence-corrected chi connectivity index (χ2v) is 7.21. The molecule has 9 heteroatoms. The Kier molecular flexibility index (Phi) is 4.87. The molecule has 0 radical (unpaired) electrons. The first-order valence-corrected chi connectivity index (χ1v) is 9.78. The number of amides is 1. The van der Waals surface area contributed by atoms with Gasteiger partial charge in [0.15, 0.2) is 6.10 Å². The van der Waals surface area contributed by atoms with Gasteiger partial charge in [0.2, 0.25) is 5.82 Å². The van der Waals surface area contributed by atoms with Crippen LogP contribution in [-0.4, -0.2) is 52.7 Å². The van der Waals surface area contributed by atoms with Crippen LogP contribution in [0.4, 0.5) is 4.39 Å². The Bertz CT molecular complexity index is 1250. The van der Waals surface area contributed by atoms with Gasteiger partial charge >= 0.3 is 0 Å². The molecule has 0 bridgehead atoms. The van der Waals surface area contributed by atoms with Gasteiger partial charge in [-0.25, -0.2) is 4.39 Å². The number of hydrogen-bond donors (Lipinski definition) is 1. The fraction of sp³-hybridized carbons (Fsp3) is 0.227. The molecule has 1 atom stereocenters. The van der Waals surface area contributed by atoms with E-state index in [-0.39, 0.29) is 18.3 Å². The van der Waals surface area contributed by atoms with Crippen LogP contribution in [0.1, 0.15) is 22.5 Å². The summed E-state index contributed by atoms with van der Waals surface area (Å²) in [6, 6.07) is 13.3. The SMILES string of the molecule is COc1cccc(-c2noc(C3CN(C(=O)c4cc5cc(F)ccc5[nH]4)CCO3)n2)c1. The Balaban J connectivity index is 1.34. The van der Waals surface area contributed by atoms with Gasteiger partial charge in [-0.3, -0.25) is 4.79 Å². The van der Waals surface area contributed by atoms with Crippen molar-refractivity contribution in [2.24, 2.45) is 0 Å². The number of ether oxygens (including phenoxy) is 2. The first kappa shape index (κ1) is 19.3. The molecular weight excluding hydrogens is 403 g/mol. The van der Waals surface area contributed by atoms with Gasteiger partial charge in [0.1, 0.15) is 17.3 Å². The predicted molar refractivity (Wildman–Crippen MR) is 109 cm³/mol. The lowest BCUT2D eigenvalue weighted by atomic mass is 10.2. The molecule has 158 valence electrons. The quantitative estimate of drug-likeness (QED) is 0.540. The number of carbonyl (C=O) groups is 1. The van der Waals surface area contributed by atoms with E-state index in [1.54, 1.807) is 24.1 Å². The maximum absolute atomic E-state index is 13.5. The summed E-state index contributed by atoms with van der Waals surface area (Å²) >= 11 is 0. The number of morpholine rings is 1. The van der Waals surface area contributed by atoms with Crippen LogP contribution in [0.5, 0.6) is 5.75 Å². The number of halogens is 1. The minimum Gasteiger partial charge on any atom is -0.497 e. The highest BCUT2D eigenvalue weighted by Gasteiger charge is 2.30. The summed E-state index contributed by atoms with van der Waals surface area (Å²) < 4.78 is 29.9. The summed E-state index contributed by atoms with van der Waals surface area (Å²) in [6.07, 6.45) is -0.536. The fourth-order valence-electron chi connectivity index (χ4n) is 3.62. The van der Waals surface area contributed by atoms with Gasteiger partial charge in [0, 0.05) is 23.0 Å². The molecule has 1 unspecified atom stereocenters. The number of nitrogens with zero attached hydrogens (tertiary/aromatic N) is 3. The smallest absolute Gasteiger partial charge is 0.270 e. The van der Waals surface area contributed by atoms with Gasteiger partial charge in [-0.15, -0.1) is 0 Å². The fourth-order valence-corrected chi connectivity index (χ4v) is 3.62. The maximum Gasteiger partial charge on any atom is 0.270 e. The van der Waals surface area contributed by atoms with Crippen LogP contribution in [0.15, 0.2) is 53.1 Å². The van der Waals surface area contributed by atoms with Crippen molar-refractivity contribution in [2.45, 2.75) is 6.10 Å². The number of carbonyl (C=O) groups excluding carboxylic acids is 1. The molecule has 5 rings (SSSR count). The normalized spacial score (nSPS) is 16.6. The molecule has 3 heterocycles. The summed E-state index contributed by atoms with van der Waals surface area (Å²) in [4.78, 5) is 22.1. The van der Waals surface area contributed by atoms with Crippen molar-refractivity contribution in [2.75, 3.05) is 26.8 Å². The molecule has 0 saturated carbocycles. The van der Waals surface area contributed by atoms with E-state index in [0.717, 1.165) is 5.56 Å². The number of aromatic nitrogens is 3. The Hall–Kier alpha value is -3.72. The van der Waals surface area contributed by atoms with Gasteiger partial charge in [0.25, 0.3) is 11.8 Å². The van der Waals surface area contributed by atoms with Gasteiger partial charge in [-0.2, -0.15) is 4.98 Å². The minimum absolute atomic E-state index is 0.197. The summed E-state index contributed by atoms with van der Waals surface area (Å²) in [7, 11) is 1.59. The maximum atomic E-state index is 13.5. The Morgan fingerprint density at radius 1 is 1.26 bits per heavy atom. The molecule has 0 spiro atoms. The topological polar surface area (TPSA) is 93.5 Å². The van der Waals surface area contributed by atoms with Crippen molar-refractivity contribution >= 4 is 16.8 Å². The second-order valence-electron chi connectivity index (χ2n) is 7.21. The highest BCUT2D eigenvalue weighted by atomic mass is 19.1. The summed E-state index contributed by atoms with van der Waals surface area (Å²) in [6.45, 7) is 1.03. The number of nitrogens with one attached hydrogen (secondary N) is 1. The van der Waals surface area contributed by atoms with Gasteiger partial charge in [-0.1, -0.05) is 17.3 Å². The Labute approximate surface area is 176 Å². The zero-order valence-electron chi connectivity index (χ0n) is 16.7. The summed E-state index contributed by atoms with van der Waals surface area (Å²) in [5.41, 5.74) is 1.85. The van der Waals surface area contributed by atoms with E-state index in [0.29, 0.717) is 47.2 Å². The Morgan fingerprint density at radius 2 is 2.16 bits per heavy atom. The highest BCUT2D eigenvalue weighted by molar-refractivity contribution is 5.98. The molecule has 2 aromatic heterocycles. The average molecular weight is 422 g/mol. The molecule has 0 aliphatic carbocycles. The number of rotatable bonds is 4. The zero-order valence-corrected chi connectivity index (χ0v) is 16.7. The Morgan fingerprint density at radius 3 is 3.03 bits per heavy atom. The molecule has 1 aliphatic heterocycles. The van der Waals surface area contributed by atoms with E-state index < -0.39 is 6.10 Å². The zero-order chi connectivity index (χ0) is 21.4. The molecular formula is C22H19FN4O4. The van der Waals surface area contributed by atoms with Crippen LogP contribution in [0.2, 0.25) is 0 Å². The number of H-pyrrole nitrogens is 1. The van der Waals surface area contributed by atoms with Crippen LogP contribution >= 0.6 is 0 Å². The van der Waals surface area contributed by atoms with Crippen molar-refractivity contribution in [3.63, 3.8) is 0 Å². The van der Waals surface area contributed by atoms with Crippen molar-refractivity contribution in [3.8, 4) is 17.1 Å². The molecule has 1 fully saturated rings. The van der Waals surface area contributed by atoms with Crippen LogP contribution in [0.3, 0.4) is 0 Å². The number of aromatic amines is 1. The third-order valence-corrected chi connectivity index (χ3v) is 5.21. The number of benzene rings is 2. The molecule has 8 nitrogen and oxygen atoms in total. The lowest BCUT2D eigenvalue weighted by Gasteiger charge is -2.30. The van der Waals surface area contributed by atoms with Crippen LogP contribution in [-0.2, 0) is 4.74 Å². The lowest BCUT2D eigenvalue weighted by Crippen LogP contribution is -2.42. The van der Waals surface area contributed by atoms with E-state index in [2.05, 4.69) is 15.1 Å². The van der Waals surface area contributed by atoms with Crippen molar-refractivity contribution in [1.29, 1.82) is 0 Å². The van der Waals surface area contributed by atoms with Crippen LogP contribution < -0.4 is 4.74 Å². The van der Waals surface area contributed by atoms with Gasteiger partial charge < -0.3 is 23.9 Å². The van der Waals surface area contributed by atoms with E-state index >= 15 is 0 Å². The summed E-state index contributed by atoms with van der Waals surface area (Å²) in [5.74, 6) is 0.859. The molecule has 1 amide bonds. The monoisotopic (exact) mass is 422 g/mol. The van der Waals surface area contributed by atoms with Gasteiger partial charge in [-0.05, 0) is 36.4 Å².